The summed E-state index contributed by atoms with van der Waals surface area (Å²) in [5.41, 5.74) is 9.60. The van der Waals surface area contributed by atoms with Crippen molar-refractivity contribution in [1.82, 2.24) is 15.1 Å². The summed E-state index contributed by atoms with van der Waals surface area (Å²) in [6.07, 6.45) is 5.65. The normalized spacial score (nSPS) is 14.0. The molecule has 1 saturated carbocycles. The minimum atomic E-state index is -0.197. The maximum Gasteiger partial charge on any atom is 0.255 e. The van der Waals surface area contributed by atoms with E-state index < -0.39 is 0 Å². The fourth-order valence-electron chi connectivity index (χ4n) is 4.25. The van der Waals surface area contributed by atoms with Crippen molar-refractivity contribution in [1.29, 1.82) is 5.26 Å². The Hall–Kier alpha value is -3.79. The number of nitrogens with two attached hydrogens (primary N) is 1. The summed E-state index contributed by atoms with van der Waals surface area (Å²) < 4.78 is 7.10. The Kier molecular flexibility index (Phi) is 6.41. The summed E-state index contributed by atoms with van der Waals surface area (Å²) >= 11 is 0. The van der Waals surface area contributed by atoms with Gasteiger partial charge in [0.25, 0.3) is 5.91 Å². The number of hydrogen-bond acceptors (Lipinski definition) is 5. The Morgan fingerprint density at radius 1 is 1.19 bits per heavy atom. The van der Waals surface area contributed by atoms with Gasteiger partial charge in [0.1, 0.15) is 28.9 Å². The van der Waals surface area contributed by atoms with Gasteiger partial charge in [-0.15, -0.1) is 0 Å². The zero-order chi connectivity index (χ0) is 22.5. The molecule has 3 N–H and O–H groups in total. The van der Waals surface area contributed by atoms with E-state index in [1.54, 1.807) is 25.3 Å². The highest BCUT2D eigenvalue weighted by Gasteiger charge is 2.23. The zero-order valence-corrected chi connectivity index (χ0v) is 18.2. The van der Waals surface area contributed by atoms with Gasteiger partial charge in [-0.3, -0.25) is 4.79 Å². The van der Waals surface area contributed by atoms with E-state index in [4.69, 9.17) is 15.6 Å². The molecule has 7 nitrogen and oxygen atoms in total. The quantitative estimate of drug-likeness (QED) is 0.602. The lowest BCUT2D eigenvalue weighted by Gasteiger charge is -2.22. The van der Waals surface area contributed by atoms with Crippen LogP contribution in [-0.4, -0.2) is 22.8 Å². The van der Waals surface area contributed by atoms with Gasteiger partial charge >= 0.3 is 0 Å². The van der Waals surface area contributed by atoms with Gasteiger partial charge in [0.15, 0.2) is 0 Å². The fraction of sp³-hybridized carbons (Fsp3) is 0.320. The van der Waals surface area contributed by atoms with Crippen molar-refractivity contribution >= 4 is 11.7 Å². The van der Waals surface area contributed by atoms with Crippen LogP contribution in [0.15, 0.2) is 48.5 Å². The third kappa shape index (κ3) is 4.30. The number of para-hydroxylation sites is 1. The number of carbonyl (C=O) groups is 1. The average molecular weight is 430 g/mol. The molecule has 2 aromatic carbocycles. The number of methoxy groups -OCH3 is 1. The van der Waals surface area contributed by atoms with Crippen LogP contribution in [0.25, 0.3) is 11.3 Å². The number of nitrogens with one attached hydrogen (secondary N) is 1. The third-order valence-electron chi connectivity index (χ3n) is 6.01. The first-order chi connectivity index (χ1) is 15.6. The lowest BCUT2D eigenvalue weighted by atomic mass is 9.96. The second-order valence-corrected chi connectivity index (χ2v) is 8.04. The van der Waals surface area contributed by atoms with E-state index in [-0.39, 0.29) is 11.9 Å². The van der Waals surface area contributed by atoms with E-state index in [0.29, 0.717) is 34.9 Å². The van der Waals surface area contributed by atoms with Crippen molar-refractivity contribution < 1.29 is 9.53 Å². The standard InChI is InChI=1S/C25H27N5O2/c1-32-22-10-6-5-9-20(22)25(31)28-16-17-11-13-18(14-12-17)23-21(15-26)24(27)30(29-23)19-7-3-2-4-8-19/h5-6,9-14,19H,2-4,7-8,16,27H2,1H3,(H,28,31). The largest absolute Gasteiger partial charge is 0.496 e. The van der Waals surface area contributed by atoms with Gasteiger partial charge in [0.05, 0.1) is 18.7 Å². The Labute approximate surface area is 187 Å². The maximum atomic E-state index is 12.5. The van der Waals surface area contributed by atoms with Crippen LogP contribution in [0.3, 0.4) is 0 Å². The fourth-order valence-corrected chi connectivity index (χ4v) is 4.25. The molecule has 32 heavy (non-hydrogen) atoms. The first kappa shape index (κ1) is 21.4. The van der Waals surface area contributed by atoms with Crippen molar-refractivity contribution in [2.75, 3.05) is 12.8 Å². The van der Waals surface area contributed by atoms with Crippen LogP contribution in [0, 0.1) is 11.3 Å². The molecule has 0 aliphatic heterocycles. The van der Waals surface area contributed by atoms with Gasteiger partial charge in [-0.1, -0.05) is 55.7 Å². The highest BCUT2D eigenvalue weighted by Crippen LogP contribution is 2.34. The molecular formula is C25H27N5O2. The smallest absolute Gasteiger partial charge is 0.255 e. The van der Waals surface area contributed by atoms with E-state index in [1.807, 2.05) is 35.0 Å². The summed E-state index contributed by atoms with van der Waals surface area (Å²) in [5.74, 6) is 0.787. The Bertz CT molecular complexity index is 1140. The van der Waals surface area contributed by atoms with E-state index in [1.165, 1.54) is 6.42 Å². The number of aromatic nitrogens is 2. The van der Waals surface area contributed by atoms with Crippen molar-refractivity contribution in [3.05, 3.63) is 65.2 Å². The molecule has 1 fully saturated rings. The number of hydrogen-bond donors (Lipinski definition) is 2. The molecule has 0 unspecified atom stereocenters. The van der Waals surface area contributed by atoms with Gasteiger partial charge in [0, 0.05) is 12.1 Å². The average Bonchev–Trinajstić information content (AvgIpc) is 3.19. The summed E-state index contributed by atoms with van der Waals surface area (Å²) in [6, 6.07) is 17.3. The molecule has 3 aromatic rings. The molecule has 1 aromatic heterocycles. The minimum Gasteiger partial charge on any atom is -0.496 e. The third-order valence-corrected chi connectivity index (χ3v) is 6.01. The molecule has 7 heteroatoms. The Morgan fingerprint density at radius 3 is 2.59 bits per heavy atom. The molecule has 1 heterocycles. The van der Waals surface area contributed by atoms with Gasteiger partial charge < -0.3 is 15.8 Å². The maximum absolute atomic E-state index is 12.5. The van der Waals surface area contributed by atoms with Gasteiger partial charge in [-0.25, -0.2) is 4.68 Å². The lowest BCUT2D eigenvalue weighted by Crippen LogP contribution is -2.23. The first-order valence-corrected chi connectivity index (χ1v) is 10.9. The van der Waals surface area contributed by atoms with Gasteiger partial charge in [-0.05, 0) is 30.5 Å². The predicted octanol–water partition coefficient (Wildman–Crippen LogP) is 4.45. The number of anilines is 1. The Balaban J connectivity index is 1.49. The van der Waals surface area contributed by atoms with E-state index in [9.17, 15) is 10.1 Å². The van der Waals surface area contributed by atoms with Crippen molar-refractivity contribution in [2.24, 2.45) is 0 Å². The topological polar surface area (TPSA) is 106 Å². The van der Waals surface area contributed by atoms with Crippen LogP contribution in [0.2, 0.25) is 0 Å². The van der Waals surface area contributed by atoms with Crippen LogP contribution >= 0.6 is 0 Å². The molecule has 0 spiro atoms. The molecule has 1 aliphatic carbocycles. The van der Waals surface area contributed by atoms with Crippen molar-refractivity contribution in [3.63, 3.8) is 0 Å². The molecule has 1 aliphatic rings. The molecule has 0 radical (unpaired) electrons. The SMILES string of the molecule is COc1ccccc1C(=O)NCc1ccc(-c2nn(C3CCCCC3)c(N)c2C#N)cc1. The number of nitriles is 1. The Morgan fingerprint density at radius 2 is 1.91 bits per heavy atom. The summed E-state index contributed by atoms with van der Waals surface area (Å²) in [4.78, 5) is 12.5. The van der Waals surface area contributed by atoms with Crippen LogP contribution in [-0.2, 0) is 6.54 Å². The number of rotatable bonds is 6. The van der Waals surface area contributed by atoms with Crippen molar-refractivity contribution in [2.45, 2.75) is 44.7 Å². The molecule has 4 rings (SSSR count). The highest BCUT2D eigenvalue weighted by molar-refractivity contribution is 5.96. The van der Waals surface area contributed by atoms with Crippen LogP contribution in [0.1, 0.15) is 59.6 Å². The van der Waals surface area contributed by atoms with Crippen LogP contribution in [0.4, 0.5) is 5.82 Å². The lowest BCUT2D eigenvalue weighted by molar-refractivity contribution is 0.0948. The second kappa shape index (κ2) is 9.56. The van der Waals surface area contributed by atoms with E-state index in [0.717, 1.165) is 36.8 Å². The number of ether oxygens (including phenoxy) is 1. The molecule has 0 bridgehead atoms. The summed E-state index contributed by atoms with van der Waals surface area (Å²) in [6.45, 7) is 0.376. The number of nitrogen functional groups attached to an aromatic ring is 1. The number of carbonyl (C=O) groups excluding carboxylic acids is 1. The zero-order valence-electron chi connectivity index (χ0n) is 18.2. The molecule has 0 saturated heterocycles. The molecular weight excluding hydrogens is 402 g/mol. The molecule has 164 valence electrons. The predicted molar refractivity (Wildman–Crippen MR) is 123 cm³/mol. The van der Waals surface area contributed by atoms with E-state index >= 15 is 0 Å². The minimum absolute atomic E-state index is 0.197. The van der Waals surface area contributed by atoms with Crippen LogP contribution < -0.4 is 15.8 Å². The molecule has 0 atom stereocenters. The van der Waals surface area contributed by atoms with Crippen LogP contribution in [0.5, 0.6) is 5.75 Å². The van der Waals surface area contributed by atoms with Gasteiger partial charge in [-0.2, -0.15) is 10.4 Å². The second-order valence-electron chi connectivity index (χ2n) is 8.04. The molecule has 1 amide bonds. The highest BCUT2D eigenvalue weighted by atomic mass is 16.5. The summed E-state index contributed by atoms with van der Waals surface area (Å²) in [5, 5.41) is 17.3. The van der Waals surface area contributed by atoms with E-state index in [2.05, 4.69) is 11.4 Å². The first-order valence-electron chi connectivity index (χ1n) is 10.9. The number of nitrogens with zero attached hydrogens (tertiary/aromatic N) is 3. The summed E-state index contributed by atoms with van der Waals surface area (Å²) in [7, 11) is 1.54. The van der Waals surface area contributed by atoms with Gasteiger partial charge in [0.2, 0.25) is 0 Å². The van der Waals surface area contributed by atoms with Crippen molar-refractivity contribution in [3.8, 4) is 23.1 Å². The monoisotopic (exact) mass is 429 g/mol. The number of benzene rings is 2. The number of amides is 1.